The van der Waals surface area contributed by atoms with E-state index in [1.165, 1.54) is 11.0 Å². The van der Waals surface area contributed by atoms with Crippen molar-refractivity contribution in [3.05, 3.63) is 42.2 Å². The fraction of sp³-hybridized carbons (Fsp3) is 0.500. The Balaban J connectivity index is 1.75. The second-order valence-corrected chi connectivity index (χ2v) is 6.37. The molecule has 0 aliphatic carbocycles. The lowest BCUT2D eigenvalue weighted by Gasteiger charge is -2.33. The Morgan fingerprint density at radius 3 is 2.81 bits per heavy atom. The van der Waals surface area contributed by atoms with Gasteiger partial charge in [-0.05, 0) is 35.8 Å². The lowest BCUT2D eigenvalue weighted by Crippen LogP contribution is -2.46. The molecule has 2 aromatic rings. The number of esters is 1. The average molecular weight is 357 g/mol. The summed E-state index contributed by atoms with van der Waals surface area (Å²) < 4.78 is 6.61. The van der Waals surface area contributed by atoms with Gasteiger partial charge >= 0.3 is 5.97 Å². The highest BCUT2D eigenvalue weighted by molar-refractivity contribution is 5.82. The van der Waals surface area contributed by atoms with E-state index < -0.39 is 6.04 Å². The van der Waals surface area contributed by atoms with E-state index in [-0.39, 0.29) is 17.8 Å². The van der Waals surface area contributed by atoms with Gasteiger partial charge in [0.25, 0.3) is 0 Å². The van der Waals surface area contributed by atoms with E-state index >= 15 is 0 Å². The van der Waals surface area contributed by atoms with Gasteiger partial charge in [0.05, 0.1) is 12.5 Å². The number of tetrazole rings is 1. The number of amides is 1. The van der Waals surface area contributed by atoms with E-state index in [2.05, 4.69) is 15.5 Å². The van der Waals surface area contributed by atoms with Crippen molar-refractivity contribution in [2.24, 2.45) is 5.92 Å². The molecule has 0 saturated carbocycles. The quantitative estimate of drug-likeness (QED) is 0.723. The van der Waals surface area contributed by atoms with Gasteiger partial charge in [0.1, 0.15) is 12.4 Å². The Morgan fingerprint density at radius 1 is 1.31 bits per heavy atom. The fourth-order valence-corrected chi connectivity index (χ4v) is 3.28. The Hall–Kier alpha value is -2.77. The van der Waals surface area contributed by atoms with Gasteiger partial charge in [0, 0.05) is 19.5 Å². The Kier molecular flexibility index (Phi) is 5.93. The van der Waals surface area contributed by atoms with Gasteiger partial charge in [0.15, 0.2) is 0 Å². The number of hydrogen-bond acceptors (Lipinski definition) is 6. The number of benzene rings is 1. The third-order valence-electron chi connectivity index (χ3n) is 4.59. The van der Waals surface area contributed by atoms with Crippen LogP contribution in [0.1, 0.15) is 31.4 Å². The topological polar surface area (TPSA) is 90.2 Å². The maximum Gasteiger partial charge on any atom is 0.310 e. The number of nitrogens with zero attached hydrogens (tertiary/aromatic N) is 5. The van der Waals surface area contributed by atoms with Crippen LogP contribution in [-0.4, -0.2) is 56.7 Å². The van der Waals surface area contributed by atoms with Gasteiger partial charge in [-0.1, -0.05) is 30.3 Å². The van der Waals surface area contributed by atoms with Crippen LogP contribution in [0, 0.1) is 5.92 Å². The monoisotopic (exact) mass is 357 g/mol. The Bertz CT molecular complexity index is 720. The van der Waals surface area contributed by atoms with Crippen LogP contribution in [0.2, 0.25) is 0 Å². The van der Waals surface area contributed by atoms with E-state index in [1.807, 2.05) is 30.3 Å². The lowest BCUT2D eigenvalue weighted by molar-refractivity contribution is -0.151. The smallest absolute Gasteiger partial charge is 0.310 e. The summed E-state index contributed by atoms with van der Waals surface area (Å²) in [4.78, 5) is 27.0. The van der Waals surface area contributed by atoms with Crippen molar-refractivity contribution in [1.82, 2.24) is 25.1 Å². The number of aromatic nitrogens is 4. The molecule has 26 heavy (non-hydrogen) atoms. The van der Waals surface area contributed by atoms with Crippen LogP contribution in [-0.2, 0) is 20.7 Å². The predicted octanol–water partition coefficient (Wildman–Crippen LogP) is 1.26. The van der Waals surface area contributed by atoms with E-state index in [0.29, 0.717) is 26.1 Å². The van der Waals surface area contributed by atoms with Gasteiger partial charge in [-0.15, -0.1) is 5.10 Å². The zero-order valence-electron chi connectivity index (χ0n) is 14.8. The van der Waals surface area contributed by atoms with Crippen molar-refractivity contribution in [3.8, 4) is 0 Å². The van der Waals surface area contributed by atoms with Crippen LogP contribution in [0.4, 0.5) is 0 Å². The molecule has 1 amide bonds. The number of carbonyl (C=O) groups is 2. The third-order valence-corrected chi connectivity index (χ3v) is 4.59. The Labute approximate surface area is 152 Å². The van der Waals surface area contributed by atoms with Crippen molar-refractivity contribution in [1.29, 1.82) is 0 Å². The van der Waals surface area contributed by atoms with Crippen LogP contribution >= 0.6 is 0 Å². The molecule has 2 heterocycles. The SMILES string of the molecule is CCOC(=O)[C@H]1CCCN(C(=O)[C@H](Cc2ccccc2)n2cnnn2)C1. The summed E-state index contributed by atoms with van der Waals surface area (Å²) in [7, 11) is 0. The number of likely N-dealkylation sites (tertiary alicyclic amines) is 1. The zero-order valence-corrected chi connectivity index (χ0v) is 14.8. The van der Waals surface area contributed by atoms with Crippen molar-refractivity contribution in [2.45, 2.75) is 32.2 Å². The molecule has 1 aliphatic heterocycles. The zero-order chi connectivity index (χ0) is 18.4. The largest absolute Gasteiger partial charge is 0.466 e. The summed E-state index contributed by atoms with van der Waals surface area (Å²) in [5, 5.41) is 11.3. The molecule has 0 bridgehead atoms. The second kappa shape index (κ2) is 8.55. The van der Waals surface area contributed by atoms with Gasteiger partial charge in [-0.25, -0.2) is 4.68 Å². The van der Waals surface area contributed by atoms with Crippen LogP contribution in [0.3, 0.4) is 0 Å². The molecule has 0 radical (unpaired) electrons. The van der Waals surface area contributed by atoms with Gasteiger partial charge in [-0.3, -0.25) is 9.59 Å². The van der Waals surface area contributed by atoms with Crippen LogP contribution in [0.5, 0.6) is 0 Å². The second-order valence-electron chi connectivity index (χ2n) is 6.37. The van der Waals surface area contributed by atoms with Crippen LogP contribution < -0.4 is 0 Å². The number of carbonyl (C=O) groups excluding carboxylic acids is 2. The molecule has 1 fully saturated rings. The maximum atomic E-state index is 13.2. The normalized spacial score (nSPS) is 18.3. The molecule has 0 spiro atoms. The fourth-order valence-electron chi connectivity index (χ4n) is 3.28. The summed E-state index contributed by atoms with van der Waals surface area (Å²) in [6.07, 6.45) is 3.48. The van der Waals surface area contributed by atoms with E-state index in [4.69, 9.17) is 4.74 Å². The molecule has 0 unspecified atom stereocenters. The highest BCUT2D eigenvalue weighted by Crippen LogP contribution is 2.23. The van der Waals surface area contributed by atoms with E-state index in [1.54, 1.807) is 11.8 Å². The summed E-state index contributed by atoms with van der Waals surface area (Å²) >= 11 is 0. The molecular weight excluding hydrogens is 334 g/mol. The molecule has 3 rings (SSSR count). The van der Waals surface area contributed by atoms with E-state index in [9.17, 15) is 9.59 Å². The number of hydrogen-bond donors (Lipinski definition) is 0. The molecular formula is C18H23N5O3. The summed E-state index contributed by atoms with van der Waals surface area (Å²) in [6.45, 7) is 3.15. The first kappa shape index (κ1) is 18.0. The van der Waals surface area contributed by atoms with Crippen molar-refractivity contribution >= 4 is 11.9 Å². The molecule has 1 aromatic heterocycles. The van der Waals surface area contributed by atoms with Crippen molar-refractivity contribution in [2.75, 3.05) is 19.7 Å². The number of piperidine rings is 1. The van der Waals surface area contributed by atoms with Gasteiger partial charge in [-0.2, -0.15) is 0 Å². The lowest BCUT2D eigenvalue weighted by atomic mass is 9.96. The summed E-state index contributed by atoms with van der Waals surface area (Å²) in [6, 6.07) is 9.23. The number of ether oxygens (including phenoxy) is 1. The van der Waals surface area contributed by atoms with Crippen molar-refractivity contribution < 1.29 is 14.3 Å². The Morgan fingerprint density at radius 2 is 2.12 bits per heavy atom. The summed E-state index contributed by atoms with van der Waals surface area (Å²) in [5.74, 6) is -0.568. The molecule has 2 atom stereocenters. The molecule has 8 nitrogen and oxygen atoms in total. The van der Waals surface area contributed by atoms with Crippen molar-refractivity contribution in [3.63, 3.8) is 0 Å². The maximum absolute atomic E-state index is 13.2. The summed E-state index contributed by atoms with van der Waals surface area (Å²) in [5.41, 5.74) is 1.03. The molecule has 0 N–H and O–H groups in total. The molecule has 1 saturated heterocycles. The van der Waals surface area contributed by atoms with E-state index in [0.717, 1.165) is 18.4 Å². The number of rotatable bonds is 6. The highest BCUT2D eigenvalue weighted by Gasteiger charge is 2.33. The first-order chi connectivity index (χ1) is 12.7. The van der Waals surface area contributed by atoms with Crippen LogP contribution in [0.15, 0.2) is 36.7 Å². The average Bonchev–Trinajstić information content (AvgIpc) is 3.21. The molecule has 138 valence electrons. The van der Waals surface area contributed by atoms with Crippen LogP contribution in [0.25, 0.3) is 0 Å². The predicted molar refractivity (Wildman–Crippen MR) is 92.9 cm³/mol. The molecule has 1 aliphatic rings. The first-order valence-electron chi connectivity index (χ1n) is 8.91. The molecule has 8 heteroatoms. The first-order valence-corrected chi connectivity index (χ1v) is 8.91. The standard InChI is InChI=1S/C18H23N5O3/c1-2-26-18(25)15-9-6-10-22(12-15)17(24)16(23-13-19-20-21-23)11-14-7-4-3-5-8-14/h3-5,7-8,13,15-16H,2,6,9-12H2,1H3/t15-,16-/m0/s1. The highest BCUT2D eigenvalue weighted by atomic mass is 16.5. The van der Waals surface area contributed by atoms with Gasteiger partial charge in [0.2, 0.25) is 5.91 Å². The van der Waals surface area contributed by atoms with Gasteiger partial charge < -0.3 is 9.64 Å². The minimum atomic E-state index is -0.534. The molecule has 1 aromatic carbocycles. The minimum Gasteiger partial charge on any atom is -0.466 e. The third kappa shape index (κ3) is 4.25. The minimum absolute atomic E-state index is 0.0739.